The van der Waals surface area contributed by atoms with Gasteiger partial charge in [0.15, 0.2) is 11.5 Å². The van der Waals surface area contributed by atoms with E-state index in [0.29, 0.717) is 35.2 Å². The lowest BCUT2D eigenvalue weighted by Gasteiger charge is -2.25. The van der Waals surface area contributed by atoms with Gasteiger partial charge in [-0.3, -0.25) is 0 Å². The third-order valence-corrected chi connectivity index (χ3v) is 4.75. The summed E-state index contributed by atoms with van der Waals surface area (Å²) in [6.07, 6.45) is 1.01. The molecule has 142 valence electrons. The van der Waals surface area contributed by atoms with Gasteiger partial charge in [0.05, 0.1) is 6.61 Å². The van der Waals surface area contributed by atoms with Gasteiger partial charge in [-0.25, -0.2) is 4.39 Å². The van der Waals surface area contributed by atoms with Gasteiger partial charge in [0.2, 0.25) is 0 Å². The molecule has 0 bridgehead atoms. The zero-order chi connectivity index (χ0) is 19.2. The summed E-state index contributed by atoms with van der Waals surface area (Å²) in [6.45, 7) is 9.60. The van der Waals surface area contributed by atoms with Crippen molar-refractivity contribution >= 4 is 11.6 Å². The minimum atomic E-state index is -0.292. The molecule has 0 fully saturated rings. The molecular weight excluding hydrogens is 353 g/mol. The largest absolute Gasteiger partial charge is 0.490 e. The van der Waals surface area contributed by atoms with E-state index in [0.717, 1.165) is 12.0 Å². The molecule has 0 heterocycles. The van der Waals surface area contributed by atoms with Crippen LogP contribution in [0.1, 0.15) is 45.2 Å². The minimum Gasteiger partial charge on any atom is -0.490 e. The topological polar surface area (TPSA) is 30.5 Å². The molecule has 0 saturated carbocycles. The molecule has 5 heteroatoms. The monoisotopic (exact) mass is 379 g/mol. The highest BCUT2D eigenvalue weighted by Gasteiger charge is 2.17. The molecule has 0 aliphatic heterocycles. The Hall–Kier alpha value is -1.78. The second kappa shape index (κ2) is 9.24. The van der Waals surface area contributed by atoms with Gasteiger partial charge in [-0.2, -0.15) is 0 Å². The van der Waals surface area contributed by atoms with Crippen LogP contribution in [0.2, 0.25) is 5.02 Å². The lowest BCUT2D eigenvalue weighted by Crippen LogP contribution is -2.37. The average molecular weight is 380 g/mol. The molecule has 3 nitrogen and oxygen atoms in total. The highest BCUT2D eigenvalue weighted by Crippen LogP contribution is 2.34. The van der Waals surface area contributed by atoms with E-state index >= 15 is 0 Å². The Morgan fingerprint density at radius 2 is 1.73 bits per heavy atom. The standard InChI is InChI=1S/C21H27ClFNO2/c1-5-21(3,4)24-13-16-11-19(25-6-2)20(12-17(16)22)26-14-15-9-7-8-10-18(15)23/h7-12,24H,5-6,13-14H2,1-4H3. The molecule has 2 aromatic carbocycles. The van der Waals surface area contributed by atoms with Crippen LogP contribution in [0.4, 0.5) is 4.39 Å². The number of rotatable bonds is 9. The first-order valence-electron chi connectivity index (χ1n) is 8.92. The van der Waals surface area contributed by atoms with Crippen molar-refractivity contribution in [1.29, 1.82) is 0 Å². The Kier molecular flexibility index (Phi) is 7.30. The van der Waals surface area contributed by atoms with E-state index in [9.17, 15) is 4.39 Å². The minimum absolute atomic E-state index is 0.0229. The predicted octanol–water partition coefficient (Wildman–Crippen LogP) is 5.74. The first-order chi connectivity index (χ1) is 12.4. The lowest BCUT2D eigenvalue weighted by molar-refractivity contribution is 0.265. The highest BCUT2D eigenvalue weighted by atomic mass is 35.5. The maximum absolute atomic E-state index is 13.8. The second-order valence-corrected chi connectivity index (χ2v) is 7.20. The summed E-state index contributed by atoms with van der Waals surface area (Å²) in [4.78, 5) is 0. The molecule has 2 aromatic rings. The summed E-state index contributed by atoms with van der Waals surface area (Å²) in [5.74, 6) is 0.831. The van der Waals surface area contributed by atoms with Gasteiger partial charge in [-0.05, 0) is 44.9 Å². The van der Waals surface area contributed by atoms with Crippen molar-refractivity contribution in [2.24, 2.45) is 0 Å². The molecule has 0 atom stereocenters. The van der Waals surface area contributed by atoms with Crippen LogP contribution in [0, 0.1) is 5.82 Å². The van der Waals surface area contributed by atoms with Crippen molar-refractivity contribution in [3.05, 3.63) is 58.4 Å². The summed E-state index contributed by atoms with van der Waals surface area (Å²) in [6, 6.07) is 10.2. The molecule has 0 unspecified atom stereocenters. The molecule has 0 spiro atoms. The molecule has 0 saturated heterocycles. The molecule has 0 aliphatic carbocycles. The van der Waals surface area contributed by atoms with E-state index in [1.54, 1.807) is 24.3 Å². The number of benzene rings is 2. The predicted molar refractivity (Wildman–Crippen MR) is 105 cm³/mol. The maximum atomic E-state index is 13.8. The summed E-state index contributed by atoms with van der Waals surface area (Å²) >= 11 is 6.44. The Bertz CT molecular complexity index is 734. The zero-order valence-electron chi connectivity index (χ0n) is 15.9. The van der Waals surface area contributed by atoms with E-state index in [1.165, 1.54) is 6.07 Å². The molecule has 1 N–H and O–H groups in total. The Morgan fingerprint density at radius 1 is 1.04 bits per heavy atom. The van der Waals surface area contributed by atoms with Crippen LogP contribution < -0.4 is 14.8 Å². The average Bonchev–Trinajstić information content (AvgIpc) is 2.62. The van der Waals surface area contributed by atoms with E-state index in [2.05, 4.69) is 26.1 Å². The number of halogens is 2. The number of nitrogens with one attached hydrogen (secondary N) is 1. The summed E-state index contributed by atoms with van der Waals surface area (Å²) in [7, 11) is 0. The fourth-order valence-corrected chi connectivity index (χ4v) is 2.54. The van der Waals surface area contributed by atoms with E-state index in [1.807, 2.05) is 13.0 Å². The second-order valence-electron chi connectivity index (χ2n) is 6.79. The number of hydrogen-bond acceptors (Lipinski definition) is 3. The zero-order valence-corrected chi connectivity index (χ0v) is 16.6. The lowest BCUT2D eigenvalue weighted by atomic mass is 10.0. The van der Waals surface area contributed by atoms with Crippen molar-refractivity contribution in [3.63, 3.8) is 0 Å². The van der Waals surface area contributed by atoms with Crippen LogP contribution in [0.25, 0.3) is 0 Å². The maximum Gasteiger partial charge on any atom is 0.163 e. The first-order valence-corrected chi connectivity index (χ1v) is 9.30. The smallest absolute Gasteiger partial charge is 0.163 e. The third-order valence-electron chi connectivity index (χ3n) is 4.39. The fraction of sp³-hybridized carbons (Fsp3) is 0.429. The van der Waals surface area contributed by atoms with E-state index in [-0.39, 0.29) is 18.0 Å². The molecule has 0 aliphatic rings. The van der Waals surface area contributed by atoms with Gasteiger partial charge in [0, 0.05) is 28.7 Å². The van der Waals surface area contributed by atoms with Gasteiger partial charge in [0.1, 0.15) is 12.4 Å². The van der Waals surface area contributed by atoms with Gasteiger partial charge >= 0.3 is 0 Å². The molecular formula is C21H27ClFNO2. The van der Waals surface area contributed by atoms with Gasteiger partial charge < -0.3 is 14.8 Å². The van der Waals surface area contributed by atoms with Crippen LogP contribution in [-0.4, -0.2) is 12.1 Å². The molecule has 0 amide bonds. The summed E-state index contributed by atoms with van der Waals surface area (Å²) in [5.41, 5.74) is 1.45. The molecule has 26 heavy (non-hydrogen) atoms. The molecule has 0 aromatic heterocycles. The molecule has 0 radical (unpaired) electrons. The van der Waals surface area contributed by atoms with Crippen molar-refractivity contribution in [2.45, 2.75) is 52.8 Å². The van der Waals surface area contributed by atoms with Crippen LogP contribution in [-0.2, 0) is 13.2 Å². The van der Waals surface area contributed by atoms with Crippen LogP contribution in [0.3, 0.4) is 0 Å². The SMILES string of the molecule is CCOc1cc(CNC(C)(C)CC)c(Cl)cc1OCc1ccccc1F. The first kappa shape index (κ1) is 20.5. The van der Waals surface area contributed by atoms with Crippen molar-refractivity contribution in [3.8, 4) is 11.5 Å². The Morgan fingerprint density at radius 3 is 2.38 bits per heavy atom. The third kappa shape index (κ3) is 5.61. The van der Waals surface area contributed by atoms with Gasteiger partial charge in [-0.15, -0.1) is 0 Å². The van der Waals surface area contributed by atoms with Crippen LogP contribution in [0.15, 0.2) is 36.4 Å². The van der Waals surface area contributed by atoms with Crippen LogP contribution in [0.5, 0.6) is 11.5 Å². The molecule has 2 rings (SSSR count). The summed E-state index contributed by atoms with van der Waals surface area (Å²) in [5, 5.41) is 4.08. The van der Waals surface area contributed by atoms with Crippen molar-refractivity contribution < 1.29 is 13.9 Å². The quantitative estimate of drug-likeness (QED) is 0.603. The Balaban J connectivity index is 2.18. The highest BCUT2D eigenvalue weighted by molar-refractivity contribution is 6.31. The number of hydrogen-bond donors (Lipinski definition) is 1. The van der Waals surface area contributed by atoms with Gasteiger partial charge in [-0.1, -0.05) is 36.7 Å². The van der Waals surface area contributed by atoms with Crippen molar-refractivity contribution in [1.82, 2.24) is 5.32 Å². The Labute approximate surface area is 160 Å². The van der Waals surface area contributed by atoms with E-state index < -0.39 is 0 Å². The van der Waals surface area contributed by atoms with Crippen molar-refractivity contribution in [2.75, 3.05) is 6.61 Å². The van der Waals surface area contributed by atoms with Gasteiger partial charge in [0.25, 0.3) is 0 Å². The normalized spacial score (nSPS) is 11.5. The summed E-state index contributed by atoms with van der Waals surface area (Å²) < 4.78 is 25.3. The fourth-order valence-electron chi connectivity index (χ4n) is 2.32. The van der Waals surface area contributed by atoms with E-state index in [4.69, 9.17) is 21.1 Å². The number of ether oxygens (including phenoxy) is 2. The van der Waals surface area contributed by atoms with Crippen LogP contribution >= 0.6 is 11.6 Å².